The van der Waals surface area contributed by atoms with Crippen LogP contribution >= 0.6 is 0 Å². The molecule has 0 aliphatic heterocycles. The molecule has 0 aromatic rings. The van der Waals surface area contributed by atoms with Crippen LogP contribution < -0.4 is 0 Å². The van der Waals surface area contributed by atoms with E-state index >= 15 is 0 Å². The minimum absolute atomic E-state index is 0.168. The Bertz CT molecular complexity index is 601. The summed E-state index contributed by atoms with van der Waals surface area (Å²) in [6, 6.07) is 0. The van der Waals surface area contributed by atoms with Gasteiger partial charge < -0.3 is 15.3 Å². The zero-order valence-corrected chi connectivity index (χ0v) is 17.9. The molecule has 3 rings (SSSR count). The zero-order chi connectivity index (χ0) is 20.3. The molecule has 3 aliphatic carbocycles. The summed E-state index contributed by atoms with van der Waals surface area (Å²) in [5.41, 5.74) is 3.71. The molecule has 28 heavy (non-hydrogen) atoms. The number of rotatable bonds is 6. The maximum absolute atomic E-state index is 10.1. The Morgan fingerprint density at radius 1 is 1.14 bits per heavy atom. The van der Waals surface area contributed by atoms with E-state index in [4.69, 9.17) is 0 Å². The molecular formula is C25H40O3. The monoisotopic (exact) mass is 388 g/mol. The zero-order valence-electron chi connectivity index (χ0n) is 17.9. The van der Waals surface area contributed by atoms with Crippen molar-refractivity contribution in [1.82, 2.24) is 0 Å². The number of hydrogen-bond acceptors (Lipinski definition) is 3. The summed E-state index contributed by atoms with van der Waals surface area (Å²) in [5, 5.41) is 29.6. The molecule has 3 N–H and O–H groups in total. The molecule has 0 heterocycles. The molecule has 0 radical (unpaired) electrons. The van der Waals surface area contributed by atoms with Crippen LogP contribution in [0.4, 0.5) is 0 Å². The minimum Gasteiger partial charge on any atom is -0.393 e. The van der Waals surface area contributed by atoms with Crippen LogP contribution in [0.1, 0.15) is 84.5 Å². The summed E-state index contributed by atoms with van der Waals surface area (Å²) in [6.45, 7) is 8.21. The van der Waals surface area contributed by atoms with Gasteiger partial charge in [-0.1, -0.05) is 49.6 Å². The molecule has 0 saturated heterocycles. The average Bonchev–Trinajstić information content (AvgIpc) is 2.98. The highest BCUT2D eigenvalue weighted by atomic mass is 16.3. The number of fused-ring (bicyclic) bond motifs is 1. The van der Waals surface area contributed by atoms with Crippen LogP contribution in [0.2, 0.25) is 0 Å². The maximum atomic E-state index is 10.1. The van der Waals surface area contributed by atoms with E-state index in [9.17, 15) is 15.3 Å². The van der Waals surface area contributed by atoms with Crippen molar-refractivity contribution < 1.29 is 15.3 Å². The molecule has 1 unspecified atom stereocenters. The molecule has 0 bridgehead atoms. The molecule has 6 atom stereocenters. The molecule has 3 aliphatic rings. The highest BCUT2D eigenvalue weighted by Gasteiger charge is 2.48. The van der Waals surface area contributed by atoms with E-state index in [-0.39, 0.29) is 6.10 Å². The summed E-state index contributed by atoms with van der Waals surface area (Å²) in [4.78, 5) is 0. The van der Waals surface area contributed by atoms with E-state index in [1.165, 1.54) is 44.9 Å². The van der Waals surface area contributed by atoms with Gasteiger partial charge >= 0.3 is 0 Å². The van der Waals surface area contributed by atoms with Crippen molar-refractivity contribution in [2.24, 2.45) is 17.3 Å². The first-order chi connectivity index (χ1) is 13.3. The van der Waals surface area contributed by atoms with Gasteiger partial charge in [-0.2, -0.15) is 0 Å². The standard InChI is InChI=1S/C25H40O3/c1-17(26)7-4-5-9-21-12-13-22-20(8-6-14-25(21,22)3)11-10-19-15-23(27)18(2)24(28)16-19/h10-11,17,21-24,26-28H,2,4-9,12-16H2,1,3H3/b20-11+/t17?,21-,22-,23+,24+,25+/m0/s1. The lowest BCUT2D eigenvalue weighted by molar-refractivity contribution is 0.122. The van der Waals surface area contributed by atoms with Gasteiger partial charge in [0, 0.05) is 0 Å². The van der Waals surface area contributed by atoms with E-state index < -0.39 is 12.2 Å². The van der Waals surface area contributed by atoms with Crippen molar-refractivity contribution in [3.05, 3.63) is 35.5 Å². The number of unbranched alkanes of at least 4 members (excludes halogenated alkanes) is 1. The van der Waals surface area contributed by atoms with Crippen molar-refractivity contribution in [1.29, 1.82) is 0 Å². The van der Waals surface area contributed by atoms with Gasteiger partial charge in [0.25, 0.3) is 0 Å². The first-order valence-corrected chi connectivity index (χ1v) is 11.4. The second-order valence-corrected chi connectivity index (χ2v) is 9.90. The van der Waals surface area contributed by atoms with Crippen molar-refractivity contribution in [3.8, 4) is 0 Å². The summed E-state index contributed by atoms with van der Waals surface area (Å²) in [7, 11) is 0. The van der Waals surface area contributed by atoms with Crippen molar-refractivity contribution in [2.75, 3.05) is 0 Å². The van der Waals surface area contributed by atoms with Gasteiger partial charge in [-0.15, -0.1) is 0 Å². The number of aliphatic hydroxyl groups excluding tert-OH is 3. The second-order valence-electron chi connectivity index (χ2n) is 9.90. The largest absolute Gasteiger partial charge is 0.393 e. The Balaban J connectivity index is 1.64. The maximum Gasteiger partial charge on any atom is 0.0809 e. The van der Waals surface area contributed by atoms with E-state index in [0.717, 1.165) is 24.3 Å². The predicted molar refractivity (Wildman–Crippen MR) is 115 cm³/mol. The number of hydrogen-bond donors (Lipinski definition) is 3. The molecule has 158 valence electrons. The van der Waals surface area contributed by atoms with Gasteiger partial charge in [0.1, 0.15) is 0 Å². The van der Waals surface area contributed by atoms with E-state index in [1.807, 2.05) is 6.92 Å². The summed E-state index contributed by atoms with van der Waals surface area (Å²) < 4.78 is 0. The second kappa shape index (κ2) is 9.28. The van der Waals surface area contributed by atoms with Crippen LogP contribution in [-0.2, 0) is 0 Å². The normalized spacial score (nSPS) is 38.5. The topological polar surface area (TPSA) is 60.7 Å². The Hall–Kier alpha value is -0.900. The molecule has 0 amide bonds. The van der Waals surface area contributed by atoms with E-state index in [0.29, 0.717) is 29.7 Å². The van der Waals surface area contributed by atoms with E-state index in [2.05, 4.69) is 25.7 Å². The van der Waals surface area contributed by atoms with Crippen LogP contribution in [-0.4, -0.2) is 33.6 Å². The lowest BCUT2D eigenvalue weighted by Crippen LogP contribution is -2.33. The average molecular weight is 389 g/mol. The molecule has 0 aromatic carbocycles. The third-order valence-electron chi connectivity index (χ3n) is 7.89. The van der Waals surface area contributed by atoms with Gasteiger partial charge in [0.2, 0.25) is 0 Å². The lowest BCUT2D eigenvalue weighted by Gasteiger charge is -2.42. The van der Waals surface area contributed by atoms with Gasteiger partial charge in [-0.3, -0.25) is 0 Å². The Labute approximate surface area is 171 Å². The lowest BCUT2D eigenvalue weighted by atomic mass is 9.62. The fourth-order valence-corrected chi connectivity index (χ4v) is 6.08. The minimum atomic E-state index is -0.609. The Morgan fingerprint density at radius 3 is 2.54 bits per heavy atom. The van der Waals surface area contributed by atoms with Gasteiger partial charge in [-0.25, -0.2) is 0 Å². The fraction of sp³-hybridized carbons (Fsp3) is 0.760. The summed E-state index contributed by atoms with van der Waals surface area (Å²) in [6.07, 6.45) is 15.4. The van der Waals surface area contributed by atoms with Crippen LogP contribution in [0.25, 0.3) is 0 Å². The molecule has 3 fully saturated rings. The van der Waals surface area contributed by atoms with Crippen LogP contribution in [0.3, 0.4) is 0 Å². The smallest absolute Gasteiger partial charge is 0.0809 e. The molecule has 3 nitrogen and oxygen atoms in total. The van der Waals surface area contributed by atoms with E-state index in [1.54, 1.807) is 5.57 Å². The third kappa shape index (κ3) is 4.80. The SMILES string of the molecule is C=C1[C@H](O)CC(=C/C=C2\CCC[C@]3(C)[C@@H](CCCCC(C)O)CC[C@@H]23)C[C@H]1O. The Morgan fingerprint density at radius 2 is 1.86 bits per heavy atom. The molecule has 0 spiro atoms. The molecular weight excluding hydrogens is 348 g/mol. The highest BCUT2D eigenvalue weighted by molar-refractivity contribution is 5.29. The Kier molecular flexibility index (Phi) is 7.22. The molecule has 3 saturated carbocycles. The van der Waals surface area contributed by atoms with Crippen molar-refractivity contribution in [2.45, 2.75) is 103 Å². The van der Waals surface area contributed by atoms with Crippen LogP contribution in [0, 0.1) is 17.3 Å². The van der Waals surface area contributed by atoms with Crippen molar-refractivity contribution in [3.63, 3.8) is 0 Å². The predicted octanol–water partition coefficient (Wildman–Crippen LogP) is 5.07. The van der Waals surface area contributed by atoms with Crippen molar-refractivity contribution >= 4 is 0 Å². The molecule has 3 heteroatoms. The fourth-order valence-electron chi connectivity index (χ4n) is 6.08. The summed E-state index contributed by atoms with van der Waals surface area (Å²) >= 11 is 0. The van der Waals surface area contributed by atoms with Gasteiger partial charge in [0.05, 0.1) is 18.3 Å². The number of aliphatic hydroxyl groups is 3. The van der Waals surface area contributed by atoms with Gasteiger partial charge in [0.15, 0.2) is 0 Å². The first kappa shape index (κ1) is 21.8. The van der Waals surface area contributed by atoms with Crippen LogP contribution in [0.15, 0.2) is 35.5 Å². The number of allylic oxidation sites excluding steroid dienone is 3. The third-order valence-corrected chi connectivity index (χ3v) is 7.89. The van der Waals surface area contributed by atoms with Crippen LogP contribution in [0.5, 0.6) is 0 Å². The van der Waals surface area contributed by atoms with Gasteiger partial charge in [-0.05, 0) is 87.5 Å². The quantitative estimate of drug-likeness (QED) is 0.440. The summed E-state index contributed by atoms with van der Waals surface area (Å²) in [5.74, 6) is 1.50. The molecule has 0 aromatic heterocycles. The first-order valence-electron chi connectivity index (χ1n) is 11.4. The highest BCUT2D eigenvalue weighted by Crippen LogP contribution is 2.58.